The average Bonchev–Trinajstić information content (AvgIpc) is 2.29. The Morgan fingerprint density at radius 2 is 1.94 bits per heavy atom. The van der Waals surface area contributed by atoms with Crippen LogP contribution >= 0.6 is 15.9 Å². The van der Waals surface area contributed by atoms with Crippen LogP contribution in [0.3, 0.4) is 0 Å². The quantitative estimate of drug-likeness (QED) is 0.835. The summed E-state index contributed by atoms with van der Waals surface area (Å²) in [5, 5.41) is 9.74. The number of Topliss-reactive ketones (excluding diaryl/α,β-unsaturated/α-hetero) is 1. The summed E-state index contributed by atoms with van der Waals surface area (Å²) >= 11 is 3.27. The molecule has 0 radical (unpaired) electrons. The molecule has 1 aromatic carbocycles. The standard InChI is InChI=1S/C13H15BrO2/c14-10-6-7-11(12(15)8-10)13(16)9-4-2-1-3-5-9/h6-9,15H,1-5H2. The van der Waals surface area contributed by atoms with E-state index in [1.54, 1.807) is 18.2 Å². The third-order valence-corrected chi connectivity index (χ3v) is 3.69. The second kappa shape index (κ2) is 5.00. The molecule has 1 fully saturated rings. The summed E-state index contributed by atoms with van der Waals surface area (Å²) in [6.45, 7) is 0. The van der Waals surface area contributed by atoms with E-state index in [0.717, 1.165) is 30.2 Å². The van der Waals surface area contributed by atoms with E-state index in [9.17, 15) is 9.90 Å². The number of rotatable bonds is 2. The van der Waals surface area contributed by atoms with Gasteiger partial charge in [-0.25, -0.2) is 0 Å². The van der Waals surface area contributed by atoms with E-state index >= 15 is 0 Å². The molecule has 16 heavy (non-hydrogen) atoms. The predicted octanol–water partition coefficient (Wildman–Crippen LogP) is 3.92. The first-order valence-corrected chi connectivity index (χ1v) is 6.50. The lowest BCUT2D eigenvalue weighted by Crippen LogP contribution is -2.17. The highest BCUT2D eigenvalue weighted by atomic mass is 79.9. The van der Waals surface area contributed by atoms with Crippen LogP contribution < -0.4 is 0 Å². The van der Waals surface area contributed by atoms with Gasteiger partial charge in [-0.05, 0) is 31.0 Å². The summed E-state index contributed by atoms with van der Waals surface area (Å²) in [6.07, 6.45) is 5.43. The van der Waals surface area contributed by atoms with E-state index in [1.165, 1.54) is 6.42 Å². The highest BCUT2D eigenvalue weighted by Gasteiger charge is 2.24. The summed E-state index contributed by atoms with van der Waals surface area (Å²) in [4.78, 5) is 12.2. The van der Waals surface area contributed by atoms with Crippen LogP contribution in [0.1, 0.15) is 42.5 Å². The van der Waals surface area contributed by atoms with Crippen molar-refractivity contribution in [2.24, 2.45) is 5.92 Å². The summed E-state index contributed by atoms with van der Waals surface area (Å²) in [7, 11) is 0. The molecule has 0 atom stereocenters. The van der Waals surface area contributed by atoms with E-state index in [0.29, 0.717) is 5.56 Å². The van der Waals surface area contributed by atoms with Gasteiger partial charge in [0.05, 0.1) is 5.56 Å². The van der Waals surface area contributed by atoms with Gasteiger partial charge in [0.15, 0.2) is 5.78 Å². The second-order valence-corrected chi connectivity index (χ2v) is 5.28. The molecular weight excluding hydrogens is 268 g/mol. The smallest absolute Gasteiger partial charge is 0.169 e. The molecule has 0 amide bonds. The molecule has 1 aliphatic carbocycles. The summed E-state index contributed by atoms with van der Waals surface area (Å²) in [5.74, 6) is 0.301. The van der Waals surface area contributed by atoms with Crippen LogP contribution in [0.15, 0.2) is 22.7 Å². The number of hydrogen-bond acceptors (Lipinski definition) is 2. The predicted molar refractivity (Wildman–Crippen MR) is 66.7 cm³/mol. The maximum absolute atomic E-state index is 12.2. The average molecular weight is 283 g/mol. The molecule has 1 saturated carbocycles. The van der Waals surface area contributed by atoms with E-state index in [-0.39, 0.29) is 17.5 Å². The fourth-order valence-corrected chi connectivity index (χ4v) is 2.65. The zero-order valence-electron chi connectivity index (χ0n) is 9.08. The molecule has 0 heterocycles. The SMILES string of the molecule is O=C(c1ccc(Br)cc1O)C1CCCCC1. The first-order chi connectivity index (χ1) is 7.68. The van der Waals surface area contributed by atoms with E-state index in [2.05, 4.69) is 15.9 Å². The summed E-state index contributed by atoms with van der Waals surface area (Å²) in [5.41, 5.74) is 0.468. The van der Waals surface area contributed by atoms with Gasteiger partial charge in [0.1, 0.15) is 5.75 Å². The van der Waals surface area contributed by atoms with Crippen LogP contribution in [0.2, 0.25) is 0 Å². The first kappa shape index (κ1) is 11.6. The number of aromatic hydroxyl groups is 1. The van der Waals surface area contributed by atoms with Gasteiger partial charge in [0.2, 0.25) is 0 Å². The topological polar surface area (TPSA) is 37.3 Å². The largest absolute Gasteiger partial charge is 0.507 e. The first-order valence-electron chi connectivity index (χ1n) is 5.71. The van der Waals surface area contributed by atoms with Crippen molar-refractivity contribution in [3.63, 3.8) is 0 Å². The zero-order valence-corrected chi connectivity index (χ0v) is 10.7. The molecule has 1 N–H and O–H groups in total. The number of phenolic OH excluding ortho intramolecular Hbond substituents is 1. The van der Waals surface area contributed by atoms with Gasteiger partial charge in [-0.1, -0.05) is 35.2 Å². The Bertz CT molecular complexity index is 395. The van der Waals surface area contributed by atoms with E-state index < -0.39 is 0 Å². The number of carbonyl (C=O) groups excluding carboxylic acids is 1. The highest BCUT2D eigenvalue weighted by Crippen LogP contribution is 2.30. The van der Waals surface area contributed by atoms with Crippen molar-refractivity contribution in [3.05, 3.63) is 28.2 Å². The van der Waals surface area contributed by atoms with E-state index in [4.69, 9.17) is 0 Å². The second-order valence-electron chi connectivity index (χ2n) is 4.36. The molecule has 1 aromatic rings. The monoisotopic (exact) mass is 282 g/mol. The maximum Gasteiger partial charge on any atom is 0.169 e. The van der Waals surface area contributed by atoms with Crippen LogP contribution in [0.5, 0.6) is 5.75 Å². The Balaban J connectivity index is 2.19. The lowest BCUT2D eigenvalue weighted by Gasteiger charge is -2.20. The van der Waals surface area contributed by atoms with E-state index in [1.807, 2.05) is 0 Å². The molecular formula is C13H15BrO2. The van der Waals surface area contributed by atoms with Crippen LogP contribution in [-0.4, -0.2) is 10.9 Å². The van der Waals surface area contributed by atoms with Gasteiger partial charge in [0, 0.05) is 10.4 Å². The lowest BCUT2D eigenvalue weighted by molar-refractivity contribution is 0.0887. The minimum atomic E-state index is 0.0879. The minimum absolute atomic E-state index is 0.0879. The van der Waals surface area contributed by atoms with Crippen molar-refractivity contribution < 1.29 is 9.90 Å². The van der Waals surface area contributed by atoms with Crippen LogP contribution in [-0.2, 0) is 0 Å². The van der Waals surface area contributed by atoms with Gasteiger partial charge in [-0.3, -0.25) is 4.79 Å². The van der Waals surface area contributed by atoms with Gasteiger partial charge >= 0.3 is 0 Å². The zero-order chi connectivity index (χ0) is 11.5. The molecule has 1 aliphatic rings. The molecule has 0 bridgehead atoms. The Morgan fingerprint density at radius 3 is 2.56 bits per heavy atom. The molecule has 2 nitrogen and oxygen atoms in total. The van der Waals surface area contributed by atoms with Crippen molar-refractivity contribution in [3.8, 4) is 5.75 Å². The molecule has 0 aromatic heterocycles. The fraction of sp³-hybridized carbons (Fsp3) is 0.462. The van der Waals surface area contributed by atoms with Crippen molar-refractivity contribution in [1.82, 2.24) is 0 Å². The van der Waals surface area contributed by atoms with Gasteiger partial charge in [0.25, 0.3) is 0 Å². The summed E-state index contributed by atoms with van der Waals surface area (Å²) in [6, 6.07) is 5.09. The lowest BCUT2D eigenvalue weighted by atomic mass is 9.84. The molecule has 3 heteroatoms. The summed E-state index contributed by atoms with van der Waals surface area (Å²) < 4.78 is 0.796. The minimum Gasteiger partial charge on any atom is -0.507 e. The number of hydrogen-bond donors (Lipinski definition) is 1. The van der Waals surface area contributed by atoms with Gasteiger partial charge in [-0.2, -0.15) is 0 Å². The van der Waals surface area contributed by atoms with Crippen LogP contribution in [0.4, 0.5) is 0 Å². The van der Waals surface area contributed by atoms with Crippen LogP contribution in [0.25, 0.3) is 0 Å². The Morgan fingerprint density at radius 1 is 1.25 bits per heavy atom. The third-order valence-electron chi connectivity index (χ3n) is 3.20. The third kappa shape index (κ3) is 2.46. The normalized spacial score (nSPS) is 17.3. The van der Waals surface area contributed by atoms with Gasteiger partial charge in [-0.15, -0.1) is 0 Å². The number of halogens is 1. The van der Waals surface area contributed by atoms with Crippen molar-refractivity contribution in [1.29, 1.82) is 0 Å². The molecule has 0 aliphatic heterocycles. The highest BCUT2D eigenvalue weighted by molar-refractivity contribution is 9.10. The van der Waals surface area contributed by atoms with Crippen molar-refractivity contribution >= 4 is 21.7 Å². The molecule has 86 valence electrons. The van der Waals surface area contributed by atoms with Gasteiger partial charge < -0.3 is 5.11 Å². The maximum atomic E-state index is 12.2. The van der Waals surface area contributed by atoms with Crippen molar-refractivity contribution in [2.75, 3.05) is 0 Å². The fourth-order valence-electron chi connectivity index (χ4n) is 2.30. The van der Waals surface area contributed by atoms with Crippen LogP contribution in [0, 0.1) is 5.92 Å². The Hall–Kier alpha value is -0.830. The molecule has 0 saturated heterocycles. The molecule has 2 rings (SSSR count). The Labute approximate surface area is 104 Å². The number of phenols is 1. The number of carbonyl (C=O) groups is 1. The number of ketones is 1. The number of benzene rings is 1. The molecule has 0 spiro atoms. The van der Waals surface area contributed by atoms with Crippen molar-refractivity contribution in [2.45, 2.75) is 32.1 Å². The molecule has 0 unspecified atom stereocenters. The Kier molecular flexibility index (Phi) is 3.64.